The van der Waals surface area contributed by atoms with Crippen molar-refractivity contribution in [2.24, 2.45) is 5.92 Å². The van der Waals surface area contributed by atoms with Crippen LogP contribution in [-0.4, -0.2) is 20.7 Å². The summed E-state index contributed by atoms with van der Waals surface area (Å²) in [5.41, 5.74) is 0. The van der Waals surface area contributed by atoms with E-state index in [0.717, 1.165) is 25.5 Å². The molecular formula is C12H24O2Si. The van der Waals surface area contributed by atoms with Crippen LogP contribution < -0.4 is 0 Å². The van der Waals surface area contributed by atoms with Crippen LogP contribution in [0.1, 0.15) is 26.2 Å². The first kappa shape index (κ1) is 14.6. The first-order valence-electron chi connectivity index (χ1n) is 5.67. The molecule has 2 nitrogen and oxygen atoms in total. The van der Waals surface area contributed by atoms with Crippen molar-refractivity contribution in [2.45, 2.75) is 51.9 Å². The maximum absolute atomic E-state index is 10.8. The molecule has 0 aliphatic carbocycles. The lowest BCUT2D eigenvalue weighted by atomic mass is 9.99. The number of hydrogen-bond acceptors (Lipinski definition) is 2. The first-order chi connectivity index (χ1) is 6.92. The molecule has 0 aliphatic rings. The number of carbonyl (C=O) groups is 1. The van der Waals surface area contributed by atoms with E-state index in [-0.39, 0.29) is 12.0 Å². The third kappa shape index (κ3) is 7.51. The molecule has 2 unspecified atom stereocenters. The van der Waals surface area contributed by atoms with Crippen molar-refractivity contribution in [3.05, 3.63) is 12.7 Å². The van der Waals surface area contributed by atoms with Gasteiger partial charge in [-0.15, -0.1) is 6.58 Å². The third-order valence-electron chi connectivity index (χ3n) is 2.23. The van der Waals surface area contributed by atoms with Gasteiger partial charge in [-0.05, 0) is 38.9 Å². The van der Waals surface area contributed by atoms with Gasteiger partial charge in [0.25, 0.3) is 0 Å². The number of aldehydes is 1. The zero-order chi connectivity index (χ0) is 11.9. The fourth-order valence-corrected chi connectivity index (χ4v) is 2.73. The molecule has 0 aromatic heterocycles. The Hall–Kier alpha value is -0.413. The van der Waals surface area contributed by atoms with Crippen LogP contribution in [0.4, 0.5) is 0 Å². The average molecular weight is 228 g/mol. The molecule has 15 heavy (non-hydrogen) atoms. The Balaban J connectivity index is 4.25. The van der Waals surface area contributed by atoms with Crippen LogP contribution >= 0.6 is 0 Å². The first-order valence-corrected chi connectivity index (χ1v) is 9.07. The molecule has 3 heteroatoms. The van der Waals surface area contributed by atoms with Gasteiger partial charge in [0.2, 0.25) is 0 Å². The van der Waals surface area contributed by atoms with Crippen molar-refractivity contribution in [3.8, 4) is 0 Å². The number of hydrogen-bond donors (Lipinski definition) is 0. The lowest BCUT2D eigenvalue weighted by Gasteiger charge is -2.27. The van der Waals surface area contributed by atoms with E-state index in [0.29, 0.717) is 0 Å². The van der Waals surface area contributed by atoms with E-state index in [1.807, 2.05) is 13.0 Å². The van der Waals surface area contributed by atoms with Gasteiger partial charge in [0.1, 0.15) is 6.29 Å². The molecule has 0 aromatic carbocycles. The Morgan fingerprint density at radius 1 is 1.40 bits per heavy atom. The van der Waals surface area contributed by atoms with Gasteiger partial charge in [-0.3, -0.25) is 0 Å². The van der Waals surface area contributed by atoms with E-state index in [1.54, 1.807) is 0 Å². The maximum atomic E-state index is 10.8. The van der Waals surface area contributed by atoms with Crippen molar-refractivity contribution < 1.29 is 9.22 Å². The van der Waals surface area contributed by atoms with Crippen molar-refractivity contribution in [2.75, 3.05) is 0 Å². The molecule has 0 amide bonds. The van der Waals surface area contributed by atoms with Crippen molar-refractivity contribution in [1.29, 1.82) is 0 Å². The maximum Gasteiger partial charge on any atom is 0.184 e. The van der Waals surface area contributed by atoms with Gasteiger partial charge in [-0.2, -0.15) is 0 Å². The van der Waals surface area contributed by atoms with Crippen LogP contribution in [-0.2, 0) is 9.22 Å². The summed E-state index contributed by atoms with van der Waals surface area (Å²) in [7, 11) is -1.51. The topological polar surface area (TPSA) is 26.3 Å². The van der Waals surface area contributed by atoms with Gasteiger partial charge in [0.05, 0.1) is 0 Å². The van der Waals surface area contributed by atoms with Crippen LogP contribution in [0.2, 0.25) is 19.6 Å². The Morgan fingerprint density at radius 2 is 2.00 bits per heavy atom. The predicted molar refractivity (Wildman–Crippen MR) is 67.5 cm³/mol. The largest absolute Gasteiger partial charge is 0.414 e. The fourth-order valence-electron chi connectivity index (χ4n) is 1.53. The normalized spacial score (nSPS) is 15.7. The van der Waals surface area contributed by atoms with Crippen LogP contribution in [0, 0.1) is 5.92 Å². The van der Waals surface area contributed by atoms with Crippen LogP contribution in [0.15, 0.2) is 12.7 Å². The highest BCUT2D eigenvalue weighted by atomic mass is 28.4. The Morgan fingerprint density at radius 3 is 2.33 bits per heavy atom. The minimum Gasteiger partial charge on any atom is -0.414 e. The monoisotopic (exact) mass is 228 g/mol. The van der Waals surface area contributed by atoms with Gasteiger partial charge >= 0.3 is 0 Å². The molecule has 0 fully saturated rings. The average Bonchev–Trinajstić information content (AvgIpc) is 2.11. The van der Waals surface area contributed by atoms with Gasteiger partial charge in [-0.25, -0.2) is 0 Å². The summed E-state index contributed by atoms with van der Waals surface area (Å²) in [5, 5.41) is 0. The molecule has 0 aliphatic heterocycles. The second-order valence-electron chi connectivity index (χ2n) is 4.92. The Kier molecular flexibility index (Phi) is 6.77. The molecular weight excluding hydrogens is 204 g/mol. The van der Waals surface area contributed by atoms with Gasteiger partial charge in [0, 0.05) is 12.0 Å². The van der Waals surface area contributed by atoms with Crippen molar-refractivity contribution in [1.82, 2.24) is 0 Å². The lowest BCUT2D eigenvalue weighted by Crippen LogP contribution is -2.33. The van der Waals surface area contributed by atoms with Crippen LogP contribution in [0.5, 0.6) is 0 Å². The van der Waals surface area contributed by atoms with Crippen molar-refractivity contribution >= 4 is 14.6 Å². The van der Waals surface area contributed by atoms with E-state index < -0.39 is 8.32 Å². The van der Waals surface area contributed by atoms with Crippen LogP contribution in [0.3, 0.4) is 0 Å². The van der Waals surface area contributed by atoms with E-state index in [2.05, 4.69) is 26.2 Å². The highest BCUT2D eigenvalue weighted by molar-refractivity contribution is 6.69. The molecule has 0 aromatic rings. The molecule has 0 N–H and O–H groups in total. The quantitative estimate of drug-likeness (QED) is 0.361. The SMILES string of the molecule is C=CCC(CC(C=O)CC)O[Si](C)(C)C. The number of carbonyl (C=O) groups excluding carboxylic acids is 1. The Bertz CT molecular complexity index is 196. The van der Waals surface area contributed by atoms with E-state index in [1.165, 1.54) is 0 Å². The van der Waals surface area contributed by atoms with Crippen molar-refractivity contribution in [3.63, 3.8) is 0 Å². The van der Waals surface area contributed by atoms with E-state index in [9.17, 15) is 4.79 Å². The molecule has 2 atom stereocenters. The summed E-state index contributed by atoms with van der Waals surface area (Å²) < 4.78 is 6.02. The highest BCUT2D eigenvalue weighted by Gasteiger charge is 2.22. The minimum atomic E-state index is -1.51. The molecule has 0 rings (SSSR count). The number of rotatable bonds is 8. The molecule has 88 valence electrons. The zero-order valence-corrected chi connectivity index (χ0v) is 11.5. The standard InChI is InChI=1S/C12H24O2Si/c1-6-8-12(14-15(3,4)5)9-11(7-2)10-13/h6,10-12H,1,7-9H2,2-5H3. The molecule has 0 bridgehead atoms. The predicted octanol–water partition coefficient (Wildman–Crippen LogP) is 3.40. The smallest absolute Gasteiger partial charge is 0.184 e. The summed E-state index contributed by atoms with van der Waals surface area (Å²) in [6.45, 7) is 12.3. The summed E-state index contributed by atoms with van der Waals surface area (Å²) >= 11 is 0. The third-order valence-corrected chi connectivity index (χ3v) is 3.27. The van der Waals surface area contributed by atoms with Crippen LogP contribution in [0.25, 0.3) is 0 Å². The molecule has 0 saturated heterocycles. The summed E-state index contributed by atoms with van der Waals surface area (Å²) in [6.07, 6.45) is 5.66. The lowest BCUT2D eigenvalue weighted by molar-refractivity contribution is -0.112. The second-order valence-corrected chi connectivity index (χ2v) is 9.38. The molecule has 0 radical (unpaired) electrons. The molecule has 0 saturated carbocycles. The summed E-state index contributed by atoms with van der Waals surface area (Å²) in [6, 6.07) is 0. The van der Waals surface area contributed by atoms with Gasteiger partial charge in [-0.1, -0.05) is 13.0 Å². The minimum absolute atomic E-state index is 0.131. The van der Waals surface area contributed by atoms with E-state index in [4.69, 9.17) is 4.43 Å². The highest BCUT2D eigenvalue weighted by Crippen LogP contribution is 2.18. The fraction of sp³-hybridized carbons (Fsp3) is 0.750. The summed E-state index contributed by atoms with van der Waals surface area (Å²) in [5.74, 6) is 0.131. The zero-order valence-electron chi connectivity index (χ0n) is 10.5. The van der Waals surface area contributed by atoms with E-state index >= 15 is 0 Å². The molecule has 0 spiro atoms. The second kappa shape index (κ2) is 6.96. The Labute approximate surface area is 94.8 Å². The summed E-state index contributed by atoms with van der Waals surface area (Å²) in [4.78, 5) is 10.8. The molecule has 0 heterocycles. The van der Waals surface area contributed by atoms with Gasteiger partial charge < -0.3 is 9.22 Å². The van der Waals surface area contributed by atoms with Gasteiger partial charge in [0.15, 0.2) is 8.32 Å².